The third kappa shape index (κ3) is 5.22. The number of hydrogen-bond donors (Lipinski definition) is 2. The number of amidine groups is 1. The van der Waals surface area contributed by atoms with Gasteiger partial charge < -0.3 is 10.6 Å². The molecule has 0 aromatic carbocycles. The van der Waals surface area contributed by atoms with Crippen molar-refractivity contribution >= 4 is 5.84 Å². The molecule has 1 atom stereocenters. The highest BCUT2D eigenvalue weighted by molar-refractivity contribution is 5.76. The van der Waals surface area contributed by atoms with Crippen molar-refractivity contribution in [2.24, 2.45) is 11.1 Å². The highest BCUT2D eigenvalue weighted by atomic mass is 15.1. The largest absolute Gasteiger partial charge is 0.388 e. The van der Waals surface area contributed by atoms with Crippen LogP contribution >= 0.6 is 0 Å². The van der Waals surface area contributed by atoms with E-state index in [0.29, 0.717) is 23.7 Å². The van der Waals surface area contributed by atoms with Gasteiger partial charge in [-0.15, -0.1) is 0 Å². The van der Waals surface area contributed by atoms with Gasteiger partial charge in [-0.2, -0.15) is 0 Å². The summed E-state index contributed by atoms with van der Waals surface area (Å²) in [4.78, 5) is 2.34. The normalized spacial score (nSPS) is 14.4. The molecular weight excluding hydrogens is 174 g/mol. The molecule has 3 nitrogen and oxygen atoms in total. The standard InChI is InChI=1S/C11H25N3/c1-9(11(2,3)4)14(5)8-6-7-10(12)13/h9H,6-8H2,1-5H3,(H3,12,13). The molecule has 0 heterocycles. The fourth-order valence-electron chi connectivity index (χ4n) is 1.37. The van der Waals surface area contributed by atoms with Crippen LogP contribution in [0.1, 0.15) is 40.5 Å². The molecular formula is C11H25N3. The molecule has 3 heteroatoms. The Bertz CT molecular complexity index is 181. The summed E-state index contributed by atoms with van der Waals surface area (Å²) in [6.07, 6.45) is 1.69. The predicted octanol–water partition coefficient (Wildman–Crippen LogP) is 2.07. The van der Waals surface area contributed by atoms with Gasteiger partial charge in [-0.3, -0.25) is 5.41 Å². The Hall–Kier alpha value is -0.570. The van der Waals surface area contributed by atoms with Gasteiger partial charge in [0.2, 0.25) is 0 Å². The predicted molar refractivity (Wildman–Crippen MR) is 62.7 cm³/mol. The highest BCUT2D eigenvalue weighted by Gasteiger charge is 2.23. The third-order valence-corrected chi connectivity index (χ3v) is 2.87. The van der Waals surface area contributed by atoms with Gasteiger partial charge in [-0.1, -0.05) is 20.8 Å². The molecule has 0 saturated heterocycles. The average molecular weight is 199 g/mol. The smallest absolute Gasteiger partial charge is 0.0905 e. The molecule has 0 rings (SSSR count). The van der Waals surface area contributed by atoms with E-state index in [4.69, 9.17) is 11.1 Å². The zero-order chi connectivity index (χ0) is 11.4. The molecule has 14 heavy (non-hydrogen) atoms. The zero-order valence-corrected chi connectivity index (χ0v) is 10.2. The second-order valence-electron chi connectivity index (χ2n) is 5.15. The number of nitrogens with two attached hydrogens (primary N) is 1. The molecule has 0 saturated carbocycles. The molecule has 0 amide bonds. The first-order chi connectivity index (χ1) is 6.25. The van der Waals surface area contributed by atoms with Gasteiger partial charge in [-0.05, 0) is 32.4 Å². The molecule has 1 unspecified atom stereocenters. The van der Waals surface area contributed by atoms with Crippen molar-refractivity contribution in [2.75, 3.05) is 13.6 Å². The molecule has 0 fully saturated rings. The minimum atomic E-state index is 0.293. The fourth-order valence-corrected chi connectivity index (χ4v) is 1.37. The van der Waals surface area contributed by atoms with Gasteiger partial charge in [0.25, 0.3) is 0 Å². The topological polar surface area (TPSA) is 53.1 Å². The van der Waals surface area contributed by atoms with E-state index in [-0.39, 0.29) is 0 Å². The maximum atomic E-state index is 7.13. The molecule has 0 aliphatic rings. The van der Waals surface area contributed by atoms with Gasteiger partial charge in [0.1, 0.15) is 0 Å². The van der Waals surface area contributed by atoms with E-state index in [1.807, 2.05) is 0 Å². The van der Waals surface area contributed by atoms with Crippen molar-refractivity contribution in [1.29, 1.82) is 5.41 Å². The number of nitrogens with zero attached hydrogens (tertiary/aromatic N) is 1. The van der Waals surface area contributed by atoms with E-state index in [9.17, 15) is 0 Å². The number of rotatable bonds is 5. The van der Waals surface area contributed by atoms with Crippen molar-refractivity contribution < 1.29 is 0 Å². The summed E-state index contributed by atoms with van der Waals surface area (Å²) in [7, 11) is 2.13. The molecule has 0 spiro atoms. The van der Waals surface area contributed by atoms with Crippen molar-refractivity contribution in [3.05, 3.63) is 0 Å². The van der Waals surface area contributed by atoms with Crippen LogP contribution in [0.2, 0.25) is 0 Å². The first-order valence-electron chi connectivity index (χ1n) is 5.28. The number of hydrogen-bond acceptors (Lipinski definition) is 2. The average Bonchev–Trinajstić information content (AvgIpc) is 2.00. The summed E-state index contributed by atoms with van der Waals surface area (Å²) < 4.78 is 0. The van der Waals surface area contributed by atoms with Crippen molar-refractivity contribution in [2.45, 2.75) is 46.6 Å². The summed E-state index contributed by atoms with van der Waals surface area (Å²) in [5.74, 6) is 0.293. The van der Waals surface area contributed by atoms with Gasteiger partial charge in [0.05, 0.1) is 5.84 Å². The summed E-state index contributed by atoms with van der Waals surface area (Å²) in [5, 5.41) is 7.13. The molecule has 0 aromatic rings. The molecule has 3 N–H and O–H groups in total. The Morgan fingerprint density at radius 2 is 1.93 bits per heavy atom. The van der Waals surface area contributed by atoms with Crippen LogP contribution in [0.15, 0.2) is 0 Å². The Balaban J connectivity index is 3.84. The Morgan fingerprint density at radius 3 is 2.29 bits per heavy atom. The lowest BCUT2D eigenvalue weighted by atomic mass is 9.87. The van der Waals surface area contributed by atoms with Crippen LogP contribution in [0, 0.1) is 10.8 Å². The van der Waals surface area contributed by atoms with Crippen molar-refractivity contribution in [1.82, 2.24) is 4.90 Å². The Kier molecular flexibility index (Phi) is 5.13. The molecule has 0 aliphatic heterocycles. The van der Waals surface area contributed by atoms with Gasteiger partial charge >= 0.3 is 0 Å². The lowest BCUT2D eigenvalue weighted by molar-refractivity contribution is 0.140. The molecule has 84 valence electrons. The van der Waals surface area contributed by atoms with Crippen molar-refractivity contribution in [3.8, 4) is 0 Å². The minimum Gasteiger partial charge on any atom is -0.388 e. The summed E-state index contributed by atoms with van der Waals surface area (Å²) in [5.41, 5.74) is 5.62. The second-order valence-corrected chi connectivity index (χ2v) is 5.15. The van der Waals surface area contributed by atoms with Gasteiger partial charge in [-0.25, -0.2) is 0 Å². The van der Waals surface area contributed by atoms with Gasteiger partial charge in [0.15, 0.2) is 0 Å². The van der Waals surface area contributed by atoms with E-state index in [1.165, 1.54) is 0 Å². The van der Waals surface area contributed by atoms with Crippen LogP contribution in [-0.4, -0.2) is 30.4 Å². The van der Waals surface area contributed by atoms with Gasteiger partial charge in [0, 0.05) is 12.5 Å². The lowest BCUT2D eigenvalue weighted by Crippen LogP contribution is -2.39. The summed E-state index contributed by atoms with van der Waals surface area (Å²) >= 11 is 0. The summed E-state index contributed by atoms with van der Waals surface area (Å²) in [6.45, 7) is 10.0. The second kappa shape index (κ2) is 5.35. The van der Waals surface area contributed by atoms with Crippen LogP contribution < -0.4 is 5.73 Å². The SMILES string of the molecule is CC(N(C)CCCC(=N)N)C(C)(C)C. The van der Waals surface area contributed by atoms with Crippen molar-refractivity contribution in [3.63, 3.8) is 0 Å². The van der Waals surface area contributed by atoms with Crippen LogP contribution in [0.3, 0.4) is 0 Å². The maximum absolute atomic E-state index is 7.13. The van der Waals surface area contributed by atoms with Crippen LogP contribution in [0.25, 0.3) is 0 Å². The number of nitrogens with one attached hydrogen (secondary N) is 1. The van der Waals surface area contributed by atoms with E-state index in [1.54, 1.807) is 0 Å². The van der Waals surface area contributed by atoms with Crippen LogP contribution in [0.5, 0.6) is 0 Å². The Labute approximate surface area is 88.2 Å². The quantitative estimate of drug-likeness (QED) is 0.526. The molecule has 0 bridgehead atoms. The monoisotopic (exact) mass is 199 g/mol. The Morgan fingerprint density at radius 1 is 1.43 bits per heavy atom. The molecule has 0 aromatic heterocycles. The third-order valence-electron chi connectivity index (χ3n) is 2.87. The molecule has 0 aliphatic carbocycles. The first kappa shape index (κ1) is 13.4. The van der Waals surface area contributed by atoms with Crippen LogP contribution in [0.4, 0.5) is 0 Å². The highest BCUT2D eigenvalue weighted by Crippen LogP contribution is 2.22. The van der Waals surface area contributed by atoms with Crippen LogP contribution in [-0.2, 0) is 0 Å². The summed E-state index contributed by atoms with van der Waals surface area (Å²) in [6, 6.07) is 0.550. The first-order valence-corrected chi connectivity index (χ1v) is 5.28. The zero-order valence-electron chi connectivity index (χ0n) is 10.2. The maximum Gasteiger partial charge on any atom is 0.0905 e. The van der Waals surface area contributed by atoms with E-state index in [2.05, 4.69) is 39.6 Å². The minimum absolute atomic E-state index is 0.293. The van der Waals surface area contributed by atoms with E-state index >= 15 is 0 Å². The van der Waals surface area contributed by atoms with E-state index in [0.717, 1.165) is 13.0 Å². The lowest BCUT2D eigenvalue weighted by Gasteiger charge is -2.35. The fraction of sp³-hybridized carbons (Fsp3) is 0.909. The van der Waals surface area contributed by atoms with E-state index < -0.39 is 0 Å². The molecule has 0 radical (unpaired) electrons.